The second-order valence-corrected chi connectivity index (χ2v) is 6.36. The summed E-state index contributed by atoms with van der Waals surface area (Å²) in [5, 5.41) is 0.589. The maximum absolute atomic E-state index is 5.94. The van der Waals surface area contributed by atoms with Crippen LogP contribution in [0.3, 0.4) is 0 Å². The van der Waals surface area contributed by atoms with Gasteiger partial charge in [0.1, 0.15) is 5.82 Å². The first kappa shape index (κ1) is 12.3. The van der Waals surface area contributed by atoms with Crippen molar-refractivity contribution in [1.82, 2.24) is 4.98 Å². The average molecular weight is 266 g/mol. The van der Waals surface area contributed by atoms with Gasteiger partial charge in [-0.15, -0.1) is 11.8 Å². The van der Waals surface area contributed by atoms with Gasteiger partial charge in [0.15, 0.2) is 0 Å². The van der Waals surface area contributed by atoms with E-state index in [4.69, 9.17) is 15.2 Å². The molecule has 2 unspecified atom stereocenters. The smallest absolute Gasteiger partial charge is 0.123 e. The van der Waals surface area contributed by atoms with Crippen molar-refractivity contribution in [2.75, 3.05) is 25.6 Å². The van der Waals surface area contributed by atoms with Gasteiger partial charge in [-0.25, -0.2) is 4.98 Å². The van der Waals surface area contributed by atoms with E-state index in [2.05, 4.69) is 4.98 Å². The van der Waals surface area contributed by atoms with Crippen molar-refractivity contribution >= 4 is 17.6 Å². The molecule has 2 aliphatic rings. The van der Waals surface area contributed by atoms with Gasteiger partial charge in [0.05, 0.1) is 12.2 Å². The topological polar surface area (TPSA) is 57.4 Å². The number of rotatable bonds is 2. The normalized spacial score (nSPS) is 31.9. The first-order valence-corrected chi connectivity index (χ1v) is 7.24. The lowest BCUT2D eigenvalue weighted by molar-refractivity contribution is -0.0769. The molecule has 0 saturated carbocycles. The molecule has 1 aromatic heterocycles. The summed E-state index contributed by atoms with van der Waals surface area (Å²) < 4.78 is 11.4. The van der Waals surface area contributed by atoms with E-state index in [1.807, 2.05) is 30.1 Å². The number of nitrogen functional groups attached to an aromatic ring is 1. The van der Waals surface area contributed by atoms with Crippen LogP contribution >= 0.6 is 11.8 Å². The highest BCUT2D eigenvalue weighted by molar-refractivity contribution is 8.00. The molecule has 4 nitrogen and oxygen atoms in total. The number of anilines is 1. The molecule has 5 heteroatoms. The van der Waals surface area contributed by atoms with Crippen LogP contribution in [0, 0.1) is 0 Å². The lowest BCUT2D eigenvalue weighted by atomic mass is 9.93. The zero-order valence-electron chi connectivity index (χ0n) is 10.3. The van der Waals surface area contributed by atoms with E-state index in [1.165, 1.54) is 4.90 Å². The predicted molar refractivity (Wildman–Crippen MR) is 71.6 cm³/mol. The lowest BCUT2D eigenvalue weighted by Gasteiger charge is -2.36. The van der Waals surface area contributed by atoms with E-state index in [0.717, 1.165) is 39.1 Å². The minimum Gasteiger partial charge on any atom is -0.384 e. The molecule has 2 saturated heterocycles. The van der Waals surface area contributed by atoms with Gasteiger partial charge in [0, 0.05) is 36.0 Å². The molecule has 2 N–H and O–H groups in total. The number of hydrogen-bond acceptors (Lipinski definition) is 5. The molecular weight excluding hydrogens is 248 g/mol. The number of thioether (sulfide) groups is 1. The fraction of sp³-hybridized carbons (Fsp3) is 0.615. The van der Waals surface area contributed by atoms with Gasteiger partial charge in [-0.3, -0.25) is 0 Å². The third-order valence-electron chi connectivity index (χ3n) is 3.58. The molecule has 1 aromatic rings. The fourth-order valence-corrected chi connectivity index (χ4v) is 3.85. The molecule has 2 fully saturated rings. The number of nitrogens with zero attached hydrogens (tertiary/aromatic N) is 1. The Morgan fingerprint density at radius 2 is 2.33 bits per heavy atom. The van der Waals surface area contributed by atoms with Gasteiger partial charge in [-0.1, -0.05) is 0 Å². The van der Waals surface area contributed by atoms with Crippen LogP contribution in [0.1, 0.15) is 19.3 Å². The molecule has 0 radical (unpaired) electrons. The highest BCUT2D eigenvalue weighted by Gasteiger charge is 2.41. The Balaban J connectivity index is 1.64. The summed E-state index contributed by atoms with van der Waals surface area (Å²) in [5.41, 5.74) is 5.58. The summed E-state index contributed by atoms with van der Waals surface area (Å²) in [7, 11) is 0. The maximum Gasteiger partial charge on any atom is 0.123 e. The van der Waals surface area contributed by atoms with Gasteiger partial charge >= 0.3 is 0 Å². The Labute approximate surface area is 111 Å². The average Bonchev–Trinajstić information content (AvgIpc) is 2.80. The number of pyridine rings is 1. The lowest BCUT2D eigenvalue weighted by Crippen LogP contribution is -2.41. The van der Waals surface area contributed by atoms with Crippen molar-refractivity contribution in [3.63, 3.8) is 0 Å². The summed E-state index contributed by atoms with van der Waals surface area (Å²) in [6.07, 6.45) is 5.05. The first-order valence-electron chi connectivity index (χ1n) is 6.36. The number of aromatic nitrogens is 1. The van der Waals surface area contributed by atoms with Crippen LogP contribution in [-0.4, -0.2) is 35.7 Å². The molecule has 3 heterocycles. The first-order chi connectivity index (χ1) is 8.76. The van der Waals surface area contributed by atoms with E-state index in [1.54, 1.807) is 0 Å². The van der Waals surface area contributed by atoms with Crippen LogP contribution in [0.5, 0.6) is 0 Å². The molecular formula is C13H18N2O2S. The number of hydrogen-bond donors (Lipinski definition) is 1. The SMILES string of the molecule is Nc1ccc(SC2CCOC3(CCOC3)C2)cn1. The molecule has 0 aromatic carbocycles. The van der Waals surface area contributed by atoms with Crippen LogP contribution in [0.25, 0.3) is 0 Å². The third-order valence-corrected chi connectivity index (χ3v) is 4.83. The van der Waals surface area contributed by atoms with E-state index in [9.17, 15) is 0 Å². The number of ether oxygens (including phenoxy) is 2. The molecule has 2 aliphatic heterocycles. The monoisotopic (exact) mass is 266 g/mol. The Bertz CT molecular complexity index is 404. The van der Waals surface area contributed by atoms with Gasteiger partial charge in [0.2, 0.25) is 0 Å². The molecule has 3 rings (SSSR count). The minimum absolute atomic E-state index is 0.0167. The van der Waals surface area contributed by atoms with Crippen molar-refractivity contribution in [3.05, 3.63) is 18.3 Å². The third kappa shape index (κ3) is 2.63. The van der Waals surface area contributed by atoms with Crippen LogP contribution in [-0.2, 0) is 9.47 Å². The summed E-state index contributed by atoms with van der Waals surface area (Å²) in [6, 6.07) is 3.90. The maximum atomic E-state index is 5.94. The van der Waals surface area contributed by atoms with Crippen molar-refractivity contribution in [3.8, 4) is 0 Å². The zero-order valence-corrected chi connectivity index (χ0v) is 11.1. The summed E-state index contributed by atoms with van der Waals surface area (Å²) in [4.78, 5) is 5.32. The van der Waals surface area contributed by atoms with Gasteiger partial charge in [-0.05, 0) is 25.0 Å². The molecule has 0 amide bonds. The largest absolute Gasteiger partial charge is 0.384 e. The second-order valence-electron chi connectivity index (χ2n) is 4.99. The minimum atomic E-state index is -0.0167. The van der Waals surface area contributed by atoms with Crippen molar-refractivity contribution in [1.29, 1.82) is 0 Å². The van der Waals surface area contributed by atoms with Crippen LogP contribution in [0.2, 0.25) is 0 Å². The summed E-state index contributed by atoms with van der Waals surface area (Å²) in [5.74, 6) is 0.576. The Morgan fingerprint density at radius 3 is 3.06 bits per heavy atom. The van der Waals surface area contributed by atoms with Crippen molar-refractivity contribution in [2.24, 2.45) is 0 Å². The second kappa shape index (κ2) is 5.07. The highest BCUT2D eigenvalue weighted by Crippen LogP contribution is 2.39. The summed E-state index contributed by atoms with van der Waals surface area (Å²) in [6.45, 7) is 2.42. The van der Waals surface area contributed by atoms with E-state index < -0.39 is 0 Å². The standard InChI is InChI=1S/C13H18N2O2S/c14-12-2-1-11(8-15-12)18-10-3-5-17-13(7-10)4-6-16-9-13/h1-2,8,10H,3-7,9H2,(H2,14,15). The number of nitrogens with two attached hydrogens (primary N) is 1. The van der Waals surface area contributed by atoms with Crippen LogP contribution in [0.4, 0.5) is 5.82 Å². The van der Waals surface area contributed by atoms with E-state index >= 15 is 0 Å². The van der Waals surface area contributed by atoms with Crippen molar-refractivity contribution in [2.45, 2.75) is 35.0 Å². The molecule has 18 heavy (non-hydrogen) atoms. The van der Waals surface area contributed by atoms with E-state index in [0.29, 0.717) is 11.1 Å². The Kier molecular flexibility index (Phi) is 3.46. The molecule has 1 spiro atoms. The highest BCUT2D eigenvalue weighted by atomic mass is 32.2. The Hall–Kier alpha value is -0.780. The molecule has 2 atom stereocenters. The van der Waals surface area contributed by atoms with Gasteiger partial charge < -0.3 is 15.2 Å². The Morgan fingerprint density at radius 1 is 1.39 bits per heavy atom. The van der Waals surface area contributed by atoms with Crippen molar-refractivity contribution < 1.29 is 9.47 Å². The molecule has 98 valence electrons. The molecule has 0 bridgehead atoms. The predicted octanol–water partition coefficient (Wildman–Crippen LogP) is 2.09. The fourth-order valence-electron chi connectivity index (χ4n) is 2.60. The quantitative estimate of drug-likeness (QED) is 0.888. The van der Waals surface area contributed by atoms with Gasteiger partial charge in [0.25, 0.3) is 0 Å². The molecule has 0 aliphatic carbocycles. The summed E-state index contributed by atoms with van der Waals surface area (Å²) >= 11 is 1.88. The van der Waals surface area contributed by atoms with Gasteiger partial charge in [-0.2, -0.15) is 0 Å². The van der Waals surface area contributed by atoms with E-state index in [-0.39, 0.29) is 5.60 Å². The zero-order chi connectivity index (χ0) is 12.4. The van der Waals surface area contributed by atoms with Crippen LogP contribution < -0.4 is 5.73 Å². The van der Waals surface area contributed by atoms with Crippen LogP contribution in [0.15, 0.2) is 23.2 Å².